The van der Waals surface area contributed by atoms with Gasteiger partial charge in [0.05, 0.1) is 12.2 Å². The summed E-state index contributed by atoms with van der Waals surface area (Å²) in [6.07, 6.45) is 5.19. The summed E-state index contributed by atoms with van der Waals surface area (Å²) in [5.74, 6) is 0.669. The van der Waals surface area contributed by atoms with E-state index in [-0.39, 0.29) is 24.0 Å². The van der Waals surface area contributed by atoms with Crippen LogP contribution < -0.4 is 10.6 Å². The number of urea groups is 1. The summed E-state index contributed by atoms with van der Waals surface area (Å²) in [5, 5.41) is 5.82. The van der Waals surface area contributed by atoms with Gasteiger partial charge in [-0.1, -0.05) is 12.1 Å². The van der Waals surface area contributed by atoms with Gasteiger partial charge in [0.2, 0.25) is 5.91 Å². The second-order valence-corrected chi connectivity index (χ2v) is 6.18. The highest BCUT2D eigenvalue weighted by Crippen LogP contribution is 2.29. The number of oxazole rings is 1. The van der Waals surface area contributed by atoms with Crippen LogP contribution in [-0.2, 0) is 4.79 Å². The summed E-state index contributed by atoms with van der Waals surface area (Å²) in [6, 6.07) is 7.33. The van der Waals surface area contributed by atoms with Crippen molar-refractivity contribution in [3.63, 3.8) is 0 Å². The number of hydrogen-bond acceptors (Lipinski definition) is 4. The molecule has 0 radical (unpaired) electrons. The Balaban J connectivity index is 1.52. The molecule has 0 spiro atoms. The molecule has 0 unspecified atom stereocenters. The molecule has 2 fully saturated rings. The average molecular weight is 326 g/mol. The van der Waals surface area contributed by atoms with E-state index in [1.165, 1.54) is 6.39 Å². The molecule has 2 bridgehead atoms. The van der Waals surface area contributed by atoms with Crippen LogP contribution in [0.4, 0.5) is 10.5 Å². The van der Waals surface area contributed by atoms with E-state index in [2.05, 4.69) is 15.6 Å². The van der Waals surface area contributed by atoms with E-state index in [0.29, 0.717) is 24.4 Å². The number of fused-ring (bicyclic) bond motifs is 2. The minimum absolute atomic E-state index is 0.0186. The van der Waals surface area contributed by atoms with Crippen molar-refractivity contribution in [2.45, 2.75) is 31.3 Å². The van der Waals surface area contributed by atoms with Crippen LogP contribution in [0.15, 0.2) is 41.3 Å². The van der Waals surface area contributed by atoms with Gasteiger partial charge in [-0.2, -0.15) is 0 Å². The lowest BCUT2D eigenvalue weighted by molar-refractivity contribution is -0.121. The van der Waals surface area contributed by atoms with E-state index in [1.54, 1.807) is 6.20 Å². The van der Waals surface area contributed by atoms with Crippen molar-refractivity contribution in [2.75, 3.05) is 11.9 Å². The van der Waals surface area contributed by atoms with Crippen LogP contribution in [0.3, 0.4) is 0 Å². The second kappa shape index (κ2) is 5.99. The molecule has 2 aliphatic heterocycles. The van der Waals surface area contributed by atoms with Crippen molar-refractivity contribution in [2.24, 2.45) is 0 Å². The molecular weight excluding hydrogens is 308 g/mol. The molecule has 124 valence electrons. The Kier molecular flexibility index (Phi) is 3.68. The van der Waals surface area contributed by atoms with Crippen molar-refractivity contribution >= 4 is 17.6 Å². The number of benzene rings is 1. The van der Waals surface area contributed by atoms with Crippen LogP contribution in [0.1, 0.15) is 19.3 Å². The summed E-state index contributed by atoms with van der Waals surface area (Å²) >= 11 is 0. The zero-order valence-corrected chi connectivity index (χ0v) is 13.1. The lowest BCUT2D eigenvalue weighted by atomic mass is 10.1. The van der Waals surface area contributed by atoms with Crippen LogP contribution in [-0.4, -0.2) is 40.5 Å². The molecule has 1 aromatic heterocycles. The maximum absolute atomic E-state index is 12.7. The van der Waals surface area contributed by atoms with Gasteiger partial charge >= 0.3 is 6.03 Å². The maximum atomic E-state index is 12.7. The first-order valence-electron chi connectivity index (χ1n) is 8.05. The molecule has 24 heavy (non-hydrogen) atoms. The van der Waals surface area contributed by atoms with Gasteiger partial charge in [0, 0.05) is 30.3 Å². The zero-order valence-electron chi connectivity index (χ0n) is 13.1. The Hall–Kier alpha value is -2.83. The first-order chi connectivity index (χ1) is 11.7. The number of carbonyl (C=O) groups is 2. The SMILES string of the molecule is O=C1C[C@@H]2CC[C@H](CN1)N2C(=O)Nc1cccc(-c2cnco2)c1. The molecular formula is C17H18N4O3. The Morgan fingerprint density at radius 3 is 3.04 bits per heavy atom. The molecule has 1 aromatic carbocycles. The quantitative estimate of drug-likeness (QED) is 0.886. The zero-order chi connectivity index (χ0) is 16.5. The number of nitrogens with zero attached hydrogens (tertiary/aromatic N) is 2. The summed E-state index contributed by atoms with van der Waals surface area (Å²) in [4.78, 5) is 30.1. The van der Waals surface area contributed by atoms with Gasteiger partial charge in [0.15, 0.2) is 12.2 Å². The van der Waals surface area contributed by atoms with Gasteiger partial charge in [-0.05, 0) is 25.0 Å². The molecule has 3 heterocycles. The highest BCUT2D eigenvalue weighted by Gasteiger charge is 2.40. The van der Waals surface area contributed by atoms with Crippen molar-refractivity contribution < 1.29 is 14.0 Å². The lowest BCUT2D eigenvalue weighted by Gasteiger charge is -2.27. The fraction of sp³-hybridized carbons (Fsp3) is 0.353. The van der Waals surface area contributed by atoms with Crippen LogP contribution in [0.25, 0.3) is 11.3 Å². The number of aromatic nitrogens is 1. The Labute approximate surface area is 139 Å². The highest BCUT2D eigenvalue weighted by molar-refractivity contribution is 5.91. The van der Waals surface area contributed by atoms with Crippen LogP contribution in [0.5, 0.6) is 0 Å². The number of anilines is 1. The first kappa shape index (κ1) is 14.7. The Bertz CT molecular complexity index is 759. The molecule has 2 aliphatic rings. The third-order valence-electron chi connectivity index (χ3n) is 4.64. The molecule has 2 saturated heterocycles. The fourth-order valence-corrected chi connectivity index (χ4v) is 3.51. The minimum atomic E-state index is -0.159. The molecule has 3 amide bonds. The first-order valence-corrected chi connectivity index (χ1v) is 8.05. The molecule has 7 heteroatoms. The van der Waals surface area contributed by atoms with Gasteiger partial charge in [-0.25, -0.2) is 9.78 Å². The van der Waals surface area contributed by atoms with Crippen molar-refractivity contribution in [3.05, 3.63) is 36.9 Å². The highest BCUT2D eigenvalue weighted by atomic mass is 16.3. The molecule has 7 nitrogen and oxygen atoms in total. The van der Waals surface area contributed by atoms with E-state index >= 15 is 0 Å². The number of nitrogens with one attached hydrogen (secondary N) is 2. The molecule has 0 aliphatic carbocycles. The maximum Gasteiger partial charge on any atom is 0.322 e. The summed E-state index contributed by atoms with van der Waals surface area (Å²) < 4.78 is 5.29. The average Bonchev–Trinajstić information content (AvgIpc) is 3.19. The van der Waals surface area contributed by atoms with Gasteiger partial charge < -0.3 is 20.0 Å². The van der Waals surface area contributed by atoms with Crippen LogP contribution >= 0.6 is 0 Å². The predicted molar refractivity (Wildman–Crippen MR) is 87.2 cm³/mol. The normalized spacial score (nSPS) is 22.8. The third-order valence-corrected chi connectivity index (χ3v) is 4.64. The largest absolute Gasteiger partial charge is 0.444 e. The van der Waals surface area contributed by atoms with E-state index < -0.39 is 0 Å². The minimum Gasteiger partial charge on any atom is -0.444 e. The summed E-state index contributed by atoms with van der Waals surface area (Å²) in [7, 11) is 0. The van der Waals surface area contributed by atoms with E-state index in [1.807, 2.05) is 29.2 Å². The van der Waals surface area contributed by atoms with Crippen molar-refractivity contribution in [1.82, 2.24) is 15.2 Å². The van der Waals surface area contributed by atoms with E-state index in [9.17, 15) is 9.59 Å². The summed E-state index contributed by atoms with van der Waals surface area (Å²) in [5.41, 5.74) is 1.54. The van der Waals surface area contributed by atoms with Gasteiger partial charge in [0.1, 0.15) is 0 Å². The van der Waals surface area contributed by atoms with Crippen LogP contribution in [0.2, 0.25) is 0 Å². The predicted octanol–water partition coefficient (Wildman–Crippen LogP) is 2.23. The van der Waals surface area contributed by atoms with E-state index in [0.717, 1.165) is 18.4 Å². The topological polar surface area (TPSA) is 87.5 Å². The second-order valence-electron chi connectivity index (χ2n) is 6.18. The van der Waals surface area contributed by atoms with Crippen LogP contribution in [0, 0.1) is 0 Å². The summed E-state index contributed by atoms with van der Waals surface area (Å²) in [6.45, 7) is 0.529. The Morgan fingerprint density at radius 1 is 1.33 bits per heavy atom. The molecule has 2 aromatic rings. The lowest BCUT2D eigenvalue weighted by Crippen LogP contribution is -2.44. The monoisotopic (exact) mass is 326 g/mol. The molecule has 0 saturated carbocycles. The van der Waals surface area contributed by atoms with Gasteiger partial charge in [-0.15, -0.1) is 0 Å². The van der Waals surface area contributed by atoms with Gasteiger partial charge in [-0.3, -0.25) is 4.79 Å². The molecule has 2 N–H and O–H groups in total. The standard InChI is InChI=1S/C17H18N4O3/c22-16-7-13-4-5-14(8-19-16)21(13)17(23)20-12-3-1-2-11(6-12)15-9-18-10-24-15/h1-3,6,9-10,13-14H,4-5,7-8H2,(H,19,22)(H,20,23)/t13-,14+/m0/s1. The van der Waals surface area contributed by atoms with E-state index in [4.69, 9.17) is 4.42 Å². The molecule has 4 rings (SSSR count). The van der Waals surface area contributed by atoms with Crippen molar-refractivity contribution in [1.29, 1.82) is 0 Å². The smallest absolute Gasteiger partial charge is 0.322 e. The Morgan fingerprint density at radius 2 is 2.21 bits per heavy atom. The molecule has 2 atom stereocenters. The van der Waals surface area contributed by atoms with Crippen molar-refractivity contribution in [3.8, 4) is 11.3 Å². The van der Waals surface area contributed by atoms with Gasteiger partial charge in [0.25, 0.3) is 0 Å². The fourth-order valence-electron chi connectivity index (χ4n) is 3.51. The number of rotatable bonds is 2. The number of hydrogen-bond donors (Lipinski definition) is 2. The number of carbonyl (C=O) groups excluding carboxylic acids is 2. The third kappa shape index (κ3) is 2.73. The number of amides is 3.